The molecular formula is C27H36FN5O4. The predicted octanol–water partition coefficient (Wildman–Crippen LogP) is 2.97. The van der Waals surface area contributed by atoms with E-state index in [0.29, 0.717) is 32.4 Å². The predicted molar refractivity (Wildman–Crippen MR) is 134 cm³/mol. The van der Waals surface area contributed by atoms with Gasteiger partial charge < -0.3 is 19.9 Å². The minimum absolute atomic E-state index is 0.0213. The monoisotopic (exact) mass is 513 g/mol. The number of hydrogen-bond donors (Lipinski definition) is 1. The zero-order valence-corrected chi connectivity index (χ0v) is 21.9. The molecule has 5 atom stereocenters. The van der Waals surface area contributed by atoms with E-state index in [4.69, 9.17) is 4.74 Å². The molecule has 10 heteroatoms. The number of ether oxygens (including phenoxy) is 1. The Morgan fingerprint density at radius 3 is 2.57 bits per heavy atom. The lowest BCUT2D eigenvalue weighted by Gasteiger charge is -2.40. The maximum atomic E-state index is 13.5. The number of carbonyl (C=O) groups is 3. The minimum atomic E-state index is -0.941. The van der Waals surface area contributed by atoms with Gasteiger partial charge in [0.05, 0.1) is 18.2 Å². The summed E-state index contributed by atoms with van der Waals surface area (Å²) in [6, 6.07) is 6.39. The average molecular weight is 514 g/mol. The molecule has 3 saturated heterocycles. The van der Waals surface area contributed by atoms with Crippen molar-refractivity contribution in [3.8, 4) is 6.07 Å². The molecule has 3 heterocycles. The highest BCUT2D eigenvalue weighted by molar-refractivity contribution is 5.88. The average Bonchev–Trinajstić information content (AvgIpc) is 3.54. The first-order chi connectivity index (χ1) is 17.5. The number of fused-ring (bicyclic) bond motifs is 2. The number of nitrogens with one attached hydrogen (secondary N) is 1. The van der Waals surface area contributed by atoms with E-state index in [2.05, 4.69) is 11.4 Å². The number of hydrogen-bond acceptors (Lipinski definition) is 6. The summed E-state index contributed by atoms with van der Waals surface area (Å²) >= 11 is 0. The lowest BCUT2D eigenvalue weighted by atomic mass is 10.0. The van der Waals surface area contributed by atoms with Gasteiger partial charge in [-0.3, -0.25) is 14.5 Å². The first-order valence-corrected chi connectivity index (χ1v) is 13.0. The van der Waals surface area contributed by atoms with Gasteiger partial charge in [0.25, 0.3) is 0 Å². The molecular weight excluding hydrogens is 477 g/mol. The first-order valence-electron chi connectivity index (χ1n) is 13.0. The Labute approximate surface area is 217 Å². The van der Waals surface area contributed by atoms with Crippen LogP contribution in [0.15, 0.2) is 24.3 Å². The van der Waals surface area contributed by atoms with E-state index in [9.17, 15) is 24.0 Å². The molecule has 1 aromatic rings. The van der Waals surface area contributed by atoms with Crippen LogP contribution in [0.5, 0.6) is 0 Å². The van der Waals surface area contributed by atoms with Crippen LogP contribution in [-0.4, -0.2) is 82.0 Å². The molecule has 9 nitrogen and oxygen atoms in total. The van der Waals surface area contributed by atoms with Crippen LogP contribution < -0.4 is 5.32 Å². The van der Waals surface area contributed by atoms with Gasteiger partial charge in [-0.15, -0.1) is 0 Å². The zero-order valence-electron chi connectivity index (χ0n) is 21.9. The van der Waals surface area contributed by atoms with Crippen molar-refractivity contribution in [2.24, 2.45) is 0 Å². The van der Waals surface area contributed by atoms with E-state index in [-0.39, 0.29) is 36.3 Å². The molecule has 1 aromatic carbocycles. The molecule has 0 saturated carbocycles. The first kappa shape index (κ1) is 26.9. The number of benzene rings is 1. The number of piperazine rings is 1. The number of halogens is 1. The van der Waals surface area contributed by atoms with E-state index >= 15 is 0 Å². The van der Waals surface area contributed by atoms with Gasteiger partial charge >= 0.3 is 6.09 Å². The molecule has 0 aromatic heterocycles. The van der Waals surface area contributed by atoms with Crippen LogP contribution in [0, 0.1) is 17.1 Å². The lowest BCUT2D eigenvalue weighted by Crippen LogP contribution is -2.59. The summed E-state index contributed by atoms with van der Waals surface area (Å²) in [6.45, 7) is 8.41. The number of alkyl carbamates (subject to hydrolysis) is 1. The number of carbonyl (C=O) groups excluding carboxylic acids is 3. The third kappa shape index (κ3) is 5.72. The summed E-state index contributed by atoms with van der Waals surface area (Å²) in [5, 5.41) is 12.2. The van der Waals surface area contributed by atoms with Crippen LogP contribution >= 0.6 is 0 Å². The number of amides is 3. The fraction of sp³-hybridized carbons (Fsp3) is 0.630. The molecule has 3 aliphatic heterocycles. The van der Waals surface area contributed by atoms with Crippen molar-refractivity contribution in [3.63, 3.8) is 0 Å². The smallest absolute Gasteiger partial charge is 0.408 e. The minimum Gasteiger partial charge on any atom is -0.444 e. The van der Waals surface area contributed by atoms with Crippen molar-refractivity contribution in [1.82, 2.24) is 20.0 Å². The van der Waals surface area contributed by atoms with Crippen LogP contribution in [-0.2, 0) is 14.3 Å². The maximum absolute atomic E-state index is 13.5. The van der Waals surface area contributed by atoms with Crippen LogP contribution in [0.25, 0.3) is 0 Å². The number of likely N-dealkylation sites (tertiary alicyclic amines) is 3. The SMILES string of the molecule is CC[C@@H](c1ccc(F)cc1)N1C(=O)[C@@H]2C[C@H]1CN2C[C@H](NC(=O)OC(C)(C)C)C(=O)N1CCC[C@H]1C#N. The van der Waals surface area contributed by atoms with Crippen LogP contribution in [0.2, 0.25) is 0 Å². The number of nitrogens with zero attached hydrogens (tertiary/aromatic N) is 4. The molecule has 0 aliphatic carbocycles. The van der Waals surface area contributed by atoms with Crippen LogP contribution in [0.3, 0.4) is 0 Å². The Morgan fingerprint density at radius 1 is 1.27 bits per heavy atom. The number of rotatable bonds is 7. The second kappa shape index (κ2) is 10.7. The van der Waals surface area contributed by atoms with Crippen LogP contribution in [0.1, 0.15) is 65.0 Å². The van der Waals surface area contributed by atoms with Crippen LogP contribution in [0.4, 0.5) is 9.18 Å². The van der Waals surface area contributed by atoms with Crippen molar-refractivity contribution < 1.29 is 23.5 Å². The molecule has 3 aliphatic rings. The third-order valence-electron chi connectivity index (χ3n) is 7.38. The van der Waals surface area contributed by atoms with E-state index in [0.717, 1.165) is 12.0 Å². The van der Waals surface area contributed by atoms with E-state index in [1.807, 2.05) is 16.7 Å². The van der Waals surface area contributed by atoms with Gasteiger partial charge in [-0.05, 0) is 64.2 Å². The van der Waals surface area contributed by atoms with E-state index < -0.39 is 29.8 Å². The molecule has 37 heavy (non-hydrogen) atoms. The van der Waals surface area contributed by atoms with Crippen molar-refractivity contribution in [2.45, 2.75) is 89.2 Å². The van der Waals surface area contributed by atoms with E-state index in [1.165, 1.54) is 17.0 Å². The standard InChI is InChI=1S/C27H36FN5O4/c1-5-22(17-8-10-18(28)11-9-17)33-20-13-23(25(33)35)31(15-20)16-21(30-26(36)37-27(2,3)4)24(34)32-12-6-7-19(32)14-29/h8-11,19-23H,5-7,12-13,15-16H2,1-4H3,(H,30,36)/t19-,20-,21-,22-,23-/m0/s1. The topological polar surface area (TPSA) is 106 Å². The molecule has 4 rings (SSSR count). The Morgan fingerprint density at radius 2 is 1.97 bits per heavy atom. The van der Waals surface area contributed by atoms with Gasteiger partial charge in [0.2, 0.25) is 11.8 Å². The lowest BCUT2D eigenvalue weighted by molar-refractivity contribution is -0.141. The second-order valence-corrected chi connectivity index (χ2v) is 11.1. The Kier molecular flexibility index (Phi) is 7.74. The second-order valence-electron chi connectivity index (χ2n) is 11.1. The zero-order chi connectivity index (χ0) is 26.9. The molecule has 3 amide bonds. The summed E-state index contributed by atoms with van der Waals surface area (Å²) in [4.78, 5) is 45.0. The van der Waals surface area contributed by atoms with Gasteiger partial charge in [0.15, 0.2) is 0 Å². The Hall–Kier alpha value is -3.19. The highest BCUT2D eigenvalue weighted by Crippen LogP contribution is 2.39. The maximum Gasteiger partial charge on any atom is 0.408 e. The van der Waals surface area contributed by atoms with E-state index in [1.54, 1.807) is 32.9 Å². The van der Waals surface area contributed by atoms with Crippen molar-refractivity contribution in [1.29, 1.82) is 5.26 Å². The summed E-state index contributed by atoms with van der Waals surface area (Å²) in [7, 11) is 0. The summed E-state index contributed by atoms with van der Waals surface area (Å²) < 4.78 is 18.9. The van der Waals surface area contributed by atoms with Gasteiger partial charge in [0.1, 0.15) is 23.5 Å². The molecule has 0 radical (unpaired) electrons. The summed E-state index contributed by atoms with van der Waals surface area (Å²) in [5.74, 6) is -0.671. The van der Waals surface area contributed by atoms with Crippen molar-refractivity contribution in [2.75, 3.05) is 19.6 Å². The van der Waals surface area contributed by atoms with Gasteiger partial charge in [-0.1, -0.05) is 19.1 Å². The molecule has 1 N–H and O–H groups in total. The van der Waals surface area contributed by atoms with Crippen molar-refractivity contribution >= 4 is 17.9 Å². The molecule has 0 spiro atoms. The summed E-state index contributed by atoms with van der Waals surface area (Å²) in [5.41, 5.74) is 0.159. The third-order valence-corrected chi connectivity index (χ3v) is 7.38. The van der Waals surface area contributed by atoms with Crippen molar-refractivity contribution in [3.05, 3.63) is 35.6 Å². The Bertz CT molecular complexity index is 1070. The highest BCUT2D eigenvalue weighted by atomic mass is 19.1. The molecule has 2 bridgehead atoms. The largest absolute Gasteiger partial charge is 0.444 e. The fourth-order valence-electron chi connectivity index (χ4n) is 5.81. The molecule has 3 fully saturated rings. The summed E-state index contributed by atoms with van der Waals surface area (Å²) in [6.07, 6.45) is 1.96. The normalized spacial score (nSPS) is 25.2. The fourth-order valence-corrected chi connectivity index (χ4v) is 5.81. The molecule has 0 unspecified atom stereocenters. The molecule has 200 valence electrons. The van der Waals surface area contributed by atoms with Gasteiger partial charge in [-0.2, -0.15) is 5.26 Å². The number of nitriles is 1. The van der Waals surface area contributed by atoms with Gasteiger partial charge in [-0.25, -0.2) is 9.18 Å². The quantitative estimate of drug-likeness (QED) is 0.601. The highest BCUT2D eigenvalue weighted by Gasteiger charge is 2.52. The Balaban J connectivity index is 1.49. The van der Waals surface area contributed by atoms with Gasteiger partial charge in [0, 0.05) is 25.7 Å².